The molecule has 1 heterocycles. The van der Waals surface area contributed by atoms with Crippen molar-refractivity contribution < 1.29 is 38.1 Å². The van der Waals surface area contributed by atoms with Gasteiger partial charge in [0.2, 0.25) is 5.91 Å². The second kappa shape index (κ2) is 9.76. The van der Waals surface area contributed by atoms with Crippen LogP contribution in [0.2, 0.25) is 0 Å². The van der Waals surface area contributed by atoms with Crippen LogP contribution in [0.15, 0.2) is 48.5 Å². The fraction of sp³-hybridized carbons (Fsp3) is 0.375. The number of likely N-dealkylation sites (tertiary alicyclic amines) is 1. The summed E-state index contributed by atoms with van der Waals surface area (Å²) in [5.74, 6) is -2.48. The van der Waals surface area contributed by atoms with E-state index >= 15 is 0 Å². The molecule has 3 atom stereocenters. The van der Waals surface area contributed by atoms with Crippen LogP contribution in [-0.2, 0) is 14.3 Å². The molecule has 2 amide bonds. The molecule has 10 heteroatoms. The van der Waals surface area contributed by atoms with Gasteiger partial charge in [-0.05, 0) is 22.3 Å². The lowest BCUT2D eigenvalue weighted by molar-refractivity contribution is -0.148. The zero-order valence-corrected chi connectivity index (χ0v) is 18.1. The summed E-state index contributed by atoms with van der Waals surface area (Å²) in [4.78, 5) is 37.0. The molecule has 0 aromatic heterocycles. The number of nitrogens with one attached hydrogen (secondary N) is 1. The summed E-state index contributed by atoms with van der Waals surface area (Å²) < 4.78 is 32.4. The zero-order valence-electron chi connectivity index (χ0n) is 18.1. The van der Waals surface area contributed by atoms with E-state index in [4.69, 9.17) is 4.74 Å². The average Bonchev–Trinajstić information content (AvgIpc) is 3.35. The first kappa shape index (κ1) is 23.6. The number of halogens is 2. The topological polar surface area (TPSA) is 116 Å². The predicted molar refractivity (Wildman–Crippen MR) is 116 cm³/mol. The second-order valence-electron chi connectivity index (χ2n) is 8.40. The third kappa shape index (κ3) is 4.72. The van der Waals surface area contributed by atoms with Crippen LogP contribution < -0.4 is 5.32 Å². The molecule has 1 saturated heterocycles. The first-order chi connectivity index (χ1) is 16.3. The number of aliphatic hydroxyl groups excluding tert-OH is 1. The average molecular weight is 474 g/mol. The number of hydrogen-bond acceptors (Lipinski definition) is 5. The number of rotatable bonds is 7. The van der Waals surface area contributed by atoms with E-state index in [2.05, 4.69) is 0 Å². The molecule has 0 spiro atoms. The number of alkyl halides is 2. The van der Waals surface area contributed by atoms with Gasteiger partial charge in [0.15, 0.2) is 0 Å². The number of carbonyl (C=O) groups excluding carboxylic acids is 2. The number of hydrogen-bond donors (Lipinski definition) is 3. The van der Waals surface area contributed by atoms with E-state index in [0.717, 1.165) is 27.2 Å². The third-order valence-corrected chi connectivity index (χ3v) is 6.23. The molecule has 0 saturated carbocycles. The Kier molecular flexibility index (Phi) is 6.78. The van der Waals surface area contributed by atoms with E-state index in [1.807, 2.05) is 53.8 Å². The quantitative estimate of drug-likeness (QED) is 0.568. The molecule has 0 radical (unpaired) electrons. The Morgan fingerprint density at radius 2 is 1.65 bits per heavy atom. The highest BCUT2D eigenvalue weighted by molar-refractivity contribution is 5.85. The van der Waals surface area contributed by atoms with Gasteiger partial charge in [0.05, 0.1) is 12.5 Å². The molecule has 4 rings (SSSR count). The zero-order chi connectivity index (χ0) is 24.4. The number of fused-ring (bicyclic) bond motifs is 3. The fourth-order valence-corrected chi connectivity index (χ4v) is 4.62. The van der Waals surface area contributed by atoms with E-state index in [-0.39, 0.29) is 25.5 Å². The van der Waals surface area contributed by atoms with Crippen LogP contribution in [0.1, 0.15) is 29.9 Å². The van der Waals surface area contributed by atoms with Crippen LogP contribution in [0.3, 0.4) is 0 Å². The van der Waals surface area contributed by atoms with Crippen LogP contribution in [0.5, 0.6) is 0 Å². The molecule has 2 aliphatic rings. The maximum absolute atomic E-state index is 13.6. The summed E-state index contributed by atoms with van der Waals surface area (Å²) in [5, 5.41) is 20.9. The monoisotopic (exact) mass is 474 g/mol. The lowest BCUT2D eigenvalue weighted by Gasteiger charge is -2.24. The van der Waals surface area contributed by atoms with Crippen molar-refractivity contribution in [2.24, 2.45) is 0 Å². The number of carboxylic acids is 1. The Morgan fingerprint density at radius 3 is 2.21 bits per heavy atom. The number of carboxylic acid groups (broad SMARTS) is 1. The molecule has 34 heavy (non-hydrogen) atoms. The minimum Gasteiger partial charge on any atom is -0.480 e. The molecule has 2 aromatic rings. The molecule has 1 unspecified atom stereocenters. The highest BCUT2D eigenvalue weighted by atomic mass is 19.3. The highest BCUT2D eigenvalue weighted by Crippen LogP contribution is 2.44. The van der Waals surface area contributed by atoms with Gasteiger partial charge in [-0.2, -0.15) is 0 Å². The number of ether oxygens (including phenoxy) is 1. The van der Waals surface area contributed by atoms with E-state index in [1.54, 1.807) is 0 Å². The summed E-state index contributed by atoms with van der Waals surface area (Å²) in [7, 11) is 0. The minimum absolute atomic E-state index is 0.0802. The van der Waals surface area contributed by atoms with Crippen LogP contribution in [0.25, 0.3) is 11.1 Å². The molecule has 2 aromatic carbocycles. The van der Waals surface area contributed by atoms with Crippen LogP contribution >= 0.6 is 0 Å². The van der Waals surface area contributed by atoms with E-state index < -0.39 is 49.0 Å². The highest BCUT2D eigenvalue weighted by Gasteiger charge is 2.40. The Hall–Kier alpha value is -3.53. The Bertz CT molecular complexity index is 1050. The maximum Gasteiger partial charge on any atom is 0.407 e. The Morgan fingerprint density at radius 1 is 1.06 bits per heavy atom. The lowest BCUT2D eigenvalue weighted by atomic mass is 9.98. The number of benzene rings is 2. The smallest absolute Gasteiger partial charge is 0.407 e. The summed E-state index contributed by atoms with van der Waals surface area (Å²) in [6, 6.07) is 12.2. The number of carbonyl (C=O) groups is 3. The number of aliphatic hydroxyl groups is 1. The Balaban J connectivity index is 1.39. The maximum atomic E-state index is 13.6. The van der Waals surface area contributed by atoms with Crippen LogP contribution in [0.4, 0.5) is 13.6 Å². The number of aliphatic carboxylic acids is 1. The molecule has 0 bridgehead atoms. The normalized spacial score (nSPS) is 20.1. The van der Waals surface area contributed by atoms with Crippen LogP contribution in [0, 0.1) is 0 Å². The largest absolute Gasteiger partial charge is 0.480 e. The molecule has 1 aliphatic carbocycles. The van der Waals surface area contributed by atoms with Gasteiger partial charge >= 0.3 is 12.1 Å². The summed E-state index contributed by atoms with van der Waals surface area (Å²) >= 11 is 0. The molecule has 180 valence electrons. The Labute approximate surface area is 194 Å². The summed E-state index contributed by atoms with van der Waals surface area (Å²) in [5.41, 5.74) is 3.96. The van der Waals surface area contributed by atoms with E-state index in [1.165, 1.54) is 0 Å². The van der Waals surface area contributed by atoms with Crippen molar-refractivity contribution in [1.82, 2.24) is 10.2 Å². The van der Waals surface area contributed by atoms with Crippen molar-refractivity contribution in [3.8, 4) is 11.1 Å². The van der Waals surface area contributed by atoms with E-state index in [0.29, 0.717) is 0 Å². The molecule has 1 aliphatic heterocycles. The summed E-state index contributed by atoms with van der Waals surface area (Å²) in [6.45, 7) is -0.347. The number of β-amino-alcohol motifs (C(OH)–C–C–N with tert-alkyl or cyclic N) is 1. The van der Waals surface area contributed by atoms with Crippen molar-refractivity contribution >= 4 is 18.0 Å². The van der Waals surface area contributed by atoms with Crippen molar-refractivity contribution in [3.05, 3.63) is 59.7 Å². The fourth-order valence-electron chi connectivity index (χ4n) is 4.62. The molecule has 3 N–H and O–H groups in total. The van der Waals surface area contributed by atoms with Crippen molar-refractivity contribution in [2.75, 3.05) is 13.2 Å². The van der Waals surface area contributed by atoms with E-state index in [9.17, 15) is 33.4 Å². The number of alkyl carbamates (subject to hydrolysis) is 1. The van der Waals surface area contributed by atoms with Crippen molar-refractivity contribution in [1.29, 1.82) is 0 Å². The van der Waals surface area contributed by atoms with Gasteiger partial charge in [0, 0.05) is 18.9 Å². The minimum atomic E-state index is -3.08. The van der Waals surface area contributed by atoms with Crippen LogP contribution in [-0.4, -0.2) is 70.8 Å². The molecular weight excluding hydrogens is 450 g/mol. The van der Waals surface area contributed by atoms with Crippen molar-refractivity contribution in [3.63, 3.8) is 0 Å². The lowest BCUT2D eigenvalue weighted by Crippen LogP contribution is -2.47. The van der Waals surface area contributed by atoms with Gasteiger partial charge in [0.25, 0.3) is 6.43 Å². The third-order valence-electron chi connectivity index (χ3n) is 6.23. The number of nitrogens with zero attached hydrogens (tertiary/aromatic N) is 1. The summed E-state index contributed by atoms with van der Waals surface area (Å²) in [6.07, 6.45) is -6.24. The van der Waals surface area contributed by atoms with Gasteiger partial charge in [-0.1, -0.05) is 48.5 Å². The SMILES string of the molecule is O=C(NC(CC(=O)N1C[C@H](O)C[C@@H]1C(=O)O)C(F)F)OCC1c2ccccc2-c2ccccc21. The van der Waals surface area contributed by atoms with Gasteiger partial charge in [0.1, 0.15) is 18.7 Å². The van der Waals surface area contributed by atoms with Gasteiger partial charge < -0.3 is 25.2 Å². The van der Waals surface area contributed by atoms with Gasteiger partial charge in [-0.25, -0.2) is 18.4 Å². The molecule has 8 nitrogen and oxygen atoms in total. The molecule has 1 fully saturated rings. The predicted octanol–water partition coefficient (Wildman–Crippen LogP) is 2.60. The first-order valence-corrected chi connectivity index (χ1v) is 10.9. The first-order valence-electron chi connectivity index (χ1n) is 10.9. The van der Waals surface area contributed by atoms with Gasteiger partial charge in [-0.3, -0.25) is 4.79 Å². The standard InChI is InChI=1S/C24H24F2N2O6/c25-22(26)19(10-21(30)28-11-13(29)9-20(28)23(31)32)27-24(33)34-12-18-16-7-3-1-5-14(16)15-6-2-4-8-17(15)18/h1-8,13,18-20,22,29H,9-12H2,(H,27,33)(H,31,32)/t13-,19?,20-/m1/s1. The molecular formula is C24H24F2N2O6. The second-order valence-corrected chi connectivity index (χ2v) is 8.40. The van der Waals surface area contributed by atoms with Gasteiger partial charge in [-0.15, -0.1) is 0 Å². The number of amides is 2. The van der Waals surface area contributed by atoms with Crippen molar-refractivity contribution in [2.45, 2.75) is 43.4 Å².